The molecule has 0 spiro atoms. The minimum absolute atomic E-state index is 0.208. The van der Waals surface area contributed by atoms with Crippen LogP contribution in [0.4, 0.5) is 0 Å². The third-order valence-corrected chi connectivity index (χ3v) is 2.42. The maximum absolute atomic E-state index is 11.9. The van der Waals surface area contributed by atoms with Crippen molar-refractivity contribution in [3.8, 4) is 0 Å². The topological polar surface area (TPSA) is 42.9 Å². The van der Waals surface area contributed by atoms with Crippen molar-refractivity contribution in [2.24, 2.45) is 0 Å². The zero-order valence-corrected chi connectivity index (χ0v) is 9.53. The molecule has 0 saturated carbocycles. The summed E-state index contributed by atoms with van der Waals surface area (Å²) in [6.07, 6.45) is 0. The summed E-state index contributed by atoms with van der Waals surface area (Å²) >= 11 is 11.3. The number of carbonyl (C=O) groups excluding carboxylic acids is 1. The molecule has 80 valence electrons. The first-order chi connectivity index (χ1) is 7.66. The van der Waals surface area contributed by atoms with Crippen LogP contribution < -0.4 is 0 Å². The van der Waals surface area contributed by atoms with Crippen LogP contribution in [-0.2, 0) is 0 Å². The molecule has 0 bridgehead atoms. The number of halogens is 2. The highest BCUT2D eigenvalue weighted by atomic mass is 35.5. The van der Waals surface area contributed by atoms with Gasteiger partial charge in [0.05, 0.1) is 0 Å². The molecule has 0 N–H and O–H groups in total. The highest BCUT2D eigenvalue weighted by Crippen LogP contribution is 2.13. The number of benzene rings is 1. The predicted octanol–water partition coefficient (Wildman–Crippen LogP) is 3.01. The molecule has 0 aliphatic heterocycles. The third kappa shape index (κ3) is 2.38. The van der Waals surface area contributed by atoms with E-state index >= 15 is 0 Å². The lowest BCUT2D eigenvalue weighted by molar-refractivity contribution is 0.103. The first-order valence-corrected chi connectivity index (χ1v) is 5.22. The number of aromatic nitrogens is 2. The Balaban J connectivity index is 2.32. The third-order valence-electron chi connectivity index (χ3n) is 1.97. The van der Waals surface area contributed by atoms with E-state index in [1.807, 2.05) is 0 Å². The molecule has 1 heterocycles. The van der Waals surface area contributed by atoms with Crippen LogP contribution >= 0.6 is 23.2 Å². The number of rotatable bonds is 2. The summed E-state index contributed by atoms with van der Waals surface area (Å²) in [4.78, 5) is 11.9. The van der Waals surface area contributed by atoms with Gasteiger partial charge in [-0.15, -0.1) is 10.2 Å². The monoisotopic (exact) mass is 252 g/mol. The molecule has 0 radical (unpaired) electrons. The molecule has 16 heavy (non-hydrogen) atoms. The van der Waals surface area contributed by atoms with Crippen LogP contribution in [0.5, 0.6) is 0 Å². The molecule has 1 aromatic heterocycles. The minimum Gasteiger partial charge on any atom is -0.287 e. The summed E-state index contributed by atoms with van der Waals surface area (Å²) in [5.41, 5.74) is 0.771. The molecular formula is C11H6Cl2N2O. The first kappa shape index (κ1) is 11.0. The van der Waals surface area contributed by atoms with E-state index in [0.29, 0.717) is 10.6 Å². The van der Waals surface area contributed by atoms with E-state index in [1.54, 1.807) is 24.3 Å². The number of hydrogen-bond donors (Lipinski definition) is 0. The number of nitrogens with zero attached hydrogens (tertiary/aromatic N) is 2. The highest BCUT2D eigenvalue weighted by molar-refractivity contribution is 6.30. The normalized spacial score (nSPS) is 10.1. The summed E-state index contributed by atoms with van der Waals surface area (Å²) in [5, 5.41) is 8.16. The molecule has 0 fully saturated rings. The van der Waals surface area contributed by atoms with Gasteiger partial charge in [0, 0.05) is 10.6 Å². The van der Waals surface area contributed by atoms with Crippen LogP contribution in [0.3, 0.4) is 0 Å². The van der Waals surface area contributed by atoms with Gasteiger partial charge in [-0.1, -0.05) is 23.2 Å². The van der Waals surface area contributed by atoms with Gasteiger partial charge in [-0.25, -0.2) is 0 Å². The first-order valence-electron chi connectivity index (χ1n) is 4.46. The maximum Gasteiger partial charge on any atom is 0.213 e. The molecule has 0 aliphatic carbocycles. The van der Waals surface area contributed by atoms with Crippen molar-refractivity contribution in [1.82, 2.24) is 10.2 Å². The Labute approximate surface area is 102 Å². The van der Waals surface area contributed by atoms with Gasteiger partial charge in [0.25, 0.3) is 0 Å². The molecule has 0 amide bonds. The fraction of sp³-hybridized carbons (Fsp3) is 0. The lowest BCUT2D eigenvalue weighted by Crippen LogP contribution is -2.04. The van der Waals surface area contributed by atoms with Gasteiger partial charge >= 0.3 is 0 Å². The SMILES string of the molecule is O=C(c1ccc(Cl)cc1)c1ccc(Cl)nn1. The Morgan fingerprint density at radius 2 is 1.62 bits per heavy atom. The average Bonchev–Trinajstić information content (AvgIpc) is 2.30. The smallest absolute Gasteiger partial charge is 0.213 e. The van der Waals surface area contributed by atoms with Crippen molar-refractivity contribution in [1.29, 1.82) is 0 Å². The van der Waals surface area contributed by atoms with Crippen LogP contribution in [0.25, 0.3) is 0 Å². The van der Waals surface area contributed by atoms with E-state index in [9.17, 15) is 4.79 Å². The standard InChI is InChI=1S/C11H6Cl2N2O/c12-8-3-1-7(2-4-8)11(16)9-5-6-10(13)15-14-9/h1-6H. The second kappa shape index (κ2) is 4.60. The van der Waals surface area contributed by atoms with Gasteiger partial charge in [0.15, 0.2) is 5.15 Å². The molecule has 2 rings (SSSR count). The van der Waals surface area contributed by atoms with E-state index in [4.69, 9.17) is 23.2 Å². The zero-order valence-electron chi connectivity index (χ0n) is 8.02. The lowest BCUT2D eigenvalue weighted by Gasteiger charge is -1.99. The molecule has 0 aliphatic rings. The Kier molecular flexibility index (Phi) is 3.17. The summed E-state index contributed by atoms with van der Waals surface area (Å²) in [7, 11) is 0. The van der Waals surface area contributed by atoms with Gasteiger partial charge < -0.3 is 0 Å². The quantitative estimate of drug-likeness (QED) is 0.772. The van der Waals surface area contributed by atoms with Crippen LogP contribution in [0.1, 0.15) is 16.1 Å². The second-order valence-electron chi connectivity index (χ2n) is 3.08. The predicted molar refractivity (Wildman–Crippen MR) is 61.9 cm³/mol. The molecule has 5 heteroatoms. The largest absolute Gasteiger partial charge is 0.287 e. The summed E-state index contributed by atoms with van der Waals surface area (Å²) in [6.45, 7) is 0. The van der Waals surface area contributed by atoms with Gasteiger partial charge in [0.1, 0.15) is 5.69 Å². The molecule has 0 unspecified atom stereocenters. The Morgan fingerprint density at radius 3 is 2.19 bits per heavy atom. The summed E-state index contributed by atoms with van der Waals surface area (Å²) in [6, 6.07) is 9.64. The average molecular weight is 253 g/mol. The van der Waals surface area contributed by atoms with Crippen LogP contribution in [-0.4, -0.2) is 16.0 Å². The van der Waals surface area contributed by atoms with E-state index < -0.39 is 0 Å². The van der Waals surface area contributed by atoms with E-state index in [0.717, 1.165) is 0 Å². The van der Waals surface area contributed by atoms with Crippen LogP contribution in [0, 0.1) is 0 Å². The fourth-order valence-corrected chi connectivity index (χ4v) is 1.41. The number of ketones is 1. The molecule has 0 atom stereocenters. The lowest BCUT2D eigenvalue weighted by atomic mass is 10.1. The van der Waals surface area contributed by atoms with E-state index in [2.05, 4.69) is 10.2 Å². The number of hydrogen-bond acceptors (Lipinski definition) is 3. The maximum atomic E-state index is 11.9. The van der Waals surface area contributed by atoms with Crippen molar-refractivity contribution >= 4 is 29.0 Å². The fourth-order valence-electron chi connectivity index (χ4n) is 1.19. The summed E-state index contributed by atoms with van der Waals surface area (Å²) in [5.74, 6) is -0.208. The second-order valence-corrected chi connectivity index (χ2v) is 3.90. The Morgan fingerprint density at radius 1 is 0.938 bits per heavy atom. The Hall–Kier alpha value is -1.45. The molecular weight excluding hydrogens is 247 g/mol. The Bertz CT molecular complexity index is 461. The van der Waals surface area contributed by atoms with Crippen molar-refractivity contribution < 1.29 is 4.79 Å². The highest BCUT2D eigenvalue weighted by Gasteiger charge is 2.10. The van der Waals surface area contributed by atoms with Gasteiger partial charge in [0.2, 0.25) is 5.78 Å². The van der Waals surface area contributed by atoms with Crippen molar-refractivity contribution in [2.75, 3.05) is 0 Å². The molecule has 3 nitrogen and oxygen atoms in total. The molecule has 2 aromatic rings. The van der Waals surface area contributed by atoms with Crippen molar-refractivity contribution in [2.45, 2.75) is 0 Å². The number of carbonyl (C=O) groups is 1. The van der Waals surface area contributed by atoms with Crippen LogP contribution in [0.2, 0.25) is 10.2 Å². The van der Waals surface area contributed by atoms with Crippen molar-refractivity contribution in [3.63, 3.8) is 0 Å². The molecule has 1 aromatic carbocycles. The zero-order chi connectivity index (χ0) is 11.5. The van der Waals surface area contributed by atoms with E-state index in [-0.39, 0.29) is 16.6 Å². The van der Waals surface area contributed by atoms with Crippen molar-refractivity contribution in [3.05, 3.63) is 57.8 Å². The summed E-state index contributed by atoms with van der Waals surface area (Å²) < 4.78 is 0. The minimum atomic E-state index is -0.208. The van der Waals surface area contributed by atoms with Crippen LogP contribution in [0.15, 0.2) is 36.4 Å². The molecule has 0 saturated heterocycles. The van der Waals surface area contributed by atoms with Gasteiger partial charge in [-0.2, -0.15) is 0 Å². The van der Waals surface area contributed by atoms with E-state index in [1.165, 1.54) is 12.1 Å². The van der Waals surface area contributed by atoms with Gasteiger partial charge in [-0.3, -0.25) is 4.79 Å². The van der Waals surface area contributed by atoms with Gasteiger partial charge in [-0.05, 0) is 36.4 Å².